The number of halogens is 1. The van der Waals surface area contributed by atoms with Crippen LogP contribution in [0.3, 0.4) is 0 Å². The van der Waals surface area contributed by atoms with Gasteiger partial charge in [0.15, 0.2) is 0 Å². The second-order valence-electron chi connectivity index (χ2n) is 5.52. The van der Waals surface area contributed by atoms with Crippen molar-refractivity contribution in [2.45, 2.75) is 65.0 Å². The molecule has 0 aliphatic heterocycles. The molecule has 0 amide bonds. The molecule has 1 aliphatic rings. The lowest BCUT2D eigenvalue weighted by Gasteiger charge is -2.31. The van der Waals surface area contributed by atoms with E-state index in [-0.39, 0.29) is 0 Å². The van der Waals surface area contributed by atoms with Crippen LogP contribution in [0.5, 0.6) is 0 Å². The summed E-state index contributed by atoms with van der Waals surface area (Å²) < 4.78 is 3.43. The van der Waals surface area contributed by atoms with Crippen LogP contribution in [0, 0.1) is 5.92 Å². The fourth-order valence-corrected chi connectivity index (χ4v) is 4.02. The normalized spacial score (nSPS) is 23.8. The van der Waals surface area contributed by atoms with Gasteiger partial charge in [-0.2, -0.15) is 5.10 Å². The second kappa shape index (κ2) is 6.89. The summed E-state index contributed by atoms with van der Waals surface area (Å²) in [6.45, 7) is 5.32. The Morgan fingerprint density at radius 3 is 2.68 bits per heavy atom. The molecule has 1 heterocycles. The molecule has 19 heavy (non-hydrogen) atoms. The van der Waals surface area contributed by atoms with E-state index in [0.29, 0.717) is 6.04 Å². The third kappa shape index (κ3) is 3.22. The minimum absolute atomic E-state index is 0.672. The Hall–Kier alpha value is -0.350. The van der Waals surface area contributed by atoms with Crippen molar-refractivity contribution >= 4 is 15.9 Å². The van der Waals surface area contributed by atoms with Gasteiger partial charge in [0.2, 0.25) is 0 Å². The molecule has 0 saturated heterocycles. The van der Waals surface area contributed by atoms with Gasteiger partial charge in [-0.1, -0.05) is 19.8 Å². The largest absolute Gasteiger partial charge is 0.317 e. The molecule has 1 fully saturated rings. The van der Waals surface area contributed by atoms with Crippen LogP contribution in [0.25, 0.3) is 0 Å². The van der Waals surface area contributed by atoms with Crippen molar-refractivity contribution in [3.05, 3.63) is 15.9 Å². The predicted molar refractivity (Wildman–Crippen MR) is 83.5 cm³/mol. The zero-order valence-corrected chi connectivity index (χ0v) is 14.0. The quantitative estimate of drug-likeness (QED) is 0.896. The smallest absolute Gasteiger partial charge is 0.0766 e. The lowest BCUT2D eigenvalue weighted by molar-refractivity contribution is 0.268. The summed E-state index contributed by atoms with van der Waals surface area (Å²) in [7, 11) is 2.10. The molecule has 0 aromatic carbocycles. The van der Waals surface area contributed by atoms with Crippen molar-refractivity contribution in [3.63, 3.8) is 0 Å². The molecular formula is C15H26BrN3. The average molecular weight is 328 g/mol. The molecule has 0 bridgehead atoms. The van der Waals surface area contributed by atoms with Gasteiger partial charge in [0, 0.05) is 12.6 Å². The molecule has 2 atom stereocenters. The second-order valence-corrected chi connectivity index (χ2v) is 6.31. The van der Waals surface area contributed by atoms with E-state index >= 15 is 0 Å². The summed E-state index contributed by atoms with van der Waals surface area (Å²) >= 11 is 3.77. The number of hydrogen-bond acceptors (Lipinski definition) is 2. The van der Waals surface area contributed by atoms with Crippen LogP contribution in [0.2, 0.25) is 0 Å². The third-order valence-corrected chi connectivity index (χ3v) is 5.34. The van der Waals surface area contributed by atoms with Crippen LogP contribution < -0.4 is 5.32 Å². The standard InChI is InChI=1S/C15H26BrN3/c1-4-12-15(16)14(19(5-2)18-12)10-11-8-6-7-9-13(11)17-3/h11,13,17H,4-10H2,1-3H3. The maximum Gasteiger partial charge on any atom is 0.0766 e. The first-order valence-electron chi connectivity index (χ1n) is 7.62. The minimum atomic E-state index is 0.672. The first-order chi connectivity index (χ1) is 9.21. The van der Waals surface area contributed by atoms with Gasteiger partial charge < -0.3 is 5.32 Å². The van der Waals surface area contributed by atoms with Gasteiger partial charge in [-0.05, 0) is 61.5 Å². The zero-order chi connectivity index (χ0) is 13.8. The Morgan fingerprint density at radius 2 is 2.05 bits per heavy atom. The van der Waals surface area contributed by atoms with Crippen molar-refractivity contribution in [3.8, 4) is 0 Å². The van der Waals surface area contributed by atoms with E-state index in [0.717, 1.165) is 25.3 Å². The van der Waals surface area contributed by atoms with Crippen molar-refractivity contribution < 1.29 is 0 Å². The highest BCUT2D eigenvalue weighted by atomic mass is 79.9. The average Bonchev–Trinajstić information content (AvgIpc) is 2.76. The Morgan fingerprint density at radius 1 is 1.32 bits per heavy atom. The van der Waals surface area contributed by atoms with E-state index in [9.17, 15) is 0 Å². The summed E-state index contributed by atoms with van der Waals surface area (Å²) in [6, 6.07) is 0.672. The van der Waals surface area contributed by atoms with E-state index in [1.165, 1.54) is 41.5 Å². The fraction of sp³-hybridized carbons (Fsp3) is 0.800. The molecule has 0 radical (unpaired) electrons. The monoisotopic (exact) mass is 327 g/mol. The zero-order valence-electron chi connectivity index (χ0n) is 12.4. The molecule has 3 nitrogen and oxygen atoms in total. The fourth-order valence-electron chi connectivity index (χ4n) is 3.29. The summed E-state index contributed by atoms with van der Waals surface area (Å²) in [4.78, 5) is 0. The van der Waals surface area contributed by atoms with Crippen LogP contribution in [-0.4, -0.2) is 22.9 Å². The highest BCUT2D eigenvalue weighted by Crippen LogP contribution is 2.31. The van der Waals surface area contributed by atoms with Crippen molar-refractivity contribution in [1.29, 1.82) is 0 Å². The summed E-state index contributed by atoms with van der Waals surface area (Å²) in [5.74, 6) is 0.752. The SMILES string of the molecule is CCc1nn(CC)c(CC2CCCCC2NC)c1Br. The van der Waals surface area contributed by atoms with Gasteiger partial charge >= 0.3 is 0 Å². The van der Waals surface area contributed by atoms with Gasteiger partial charge in [0.05, 0.1) is 15.9 Å². The Labute approximate surface area is 125 Å². The van der Waals surface area contributed by atoms with Crippen LogP contribution in [-0.2, 0) is 19.4 Å². The van der Waals surface area contributed by atoms with Crippen LogP contribution in [0.15, 0.2) is 4.47 Å². The van der Waals surface area contributed by atoms with Gasteiger partial charge in [0.1, 0.15) is 0 Å². The lowest BCUT2D eigenvalue weighted by Crippen LogP contribution is -2.37. The lowest BCUT2D eigenvalue weighted by atomic mass is 9.81. The Bertz CT molecular complexity index is 414. The molecule has 1 aliphatic carbocycles. The minimum Gasteiger partial charge on any atom is -0.317 e. The number of nitrogens with one attached hydrogen (secondary N) is 1. The van der Waals surface area contributed by atoms with Crippen LogP contribution >= 0.6 is 15.9 Å². The third-order valence-electron chi connectivity index (χ3n) is 4.43. The summed E-state index contributed by atoms with van der Waals surface area (Å²) in [6.07, 6.45) is 7.55. The molecule has 0 spiro atoms. The van der Waals surface area contributed by atoms with Gasteiger partial charge in [0.25, 0.3) is 0 Å². The highest BCUT2D eigenvalue weighted by molar-refractivity contribution is 9.10. The van der Waals surface area contributed by atoms with Gasteiger partial charge in [-0.15, -0.1) is 0 Å². The van der Waals surface area contributed by atoms with Crippen molar-refractivity contribution in [2.75, 3.05) is 7.05 Å². The number of nitrogens with zero attached hydrogens (tertiary/aromatic N) is 2. The first-order valence-corrected chi connectivity index (χ1v) is 8.41. The number of rotatable bonds is 5. The van der Waals surface area contributed by atoms with Gasteiger partial charge in [-0.25, -0.2) is 0 Å². The number of hydrogen-bond donors (Lipinski definition) is 1. The van der Waals surface area contributed by atoms with Crippen LogP contribution in [0.4, 0.5) is 0 Å². The molecule has 1 aromatic rings. The molecule has 4 heteroatoms. The summed E-state index contributed by atoms with van der Waals surface area (Å²) in [5.41, 5.74) is 2.60. The highest BCUT2D eigenvalue weighted by Gasteiger charge is 2.26. The topological polar surface area (TPSA) is 29.9 Å². The Balaban J connectivity index is 2.19. The van der Waals surface area contributed by atoms with E-state index in [4.69, 9.17) is 5.10 Å². The predicted octanol–water partition coefficient (Wildman–Crippen LogP) is 3.55. The maximum absolute atomic E-state index is 4.71. The molecule has 1 aromatic heterocycles. The van der Waals surface area contributed by atoms with E-state index in [1.54, 1.807) is 0 Å². The van der Waals surface area contributed by atoms with Crippen LogP contribution in [0.1, 0.15) is 50.9 Å². The molecule has 1 saturated carbocycles. The van der Waals surface area contributed by atoms with E-state index < -0.39 is 0 Å². The summed E-state index contributed by atoms with van der Waals surface area (Å²) in [5, 5.41) is 8.22. The molecular weight excluding hydrogens is 302 g/mol. The molecule has 108 valence electrons. The Kier molecular flexibility index (Phi) is 5.46. The molecule has 2 rings (SSSR count). The van der Waals surface area contributed by atoms with E-state index in [2.05, 4.69) is 46.8 Å². The van der Waals surface area contributed by atoms with Crippen molar-refractivity contribution in [1.82, 2.24) is 15.1 Å². The number of aromatic nitrogens is 2. The van der Waals surface area contributed by atoms with Gasteiger partial charge in [-0.3, -0.25) is 4.68 Å². The molecule has 2 unspecified atom stereocenters. The maximum atomic E-state index is 4.71. The first kappa shape index (κ1) is 15.0. The molecule has 1 N–H and O–H groups in total. The van der Waals surface area contributed by atoms with Crippen molar-refractivity contribution in [2.24, 2.45) is 5.92 Å². The van der Waals surface area contributed by atoms with E-state index in [1.807, 2.05) is 0 Å². The number of aryl methyl sites for hydroxylation is 2.